The molecule has 0 aromatic heterocycles. The van der Waals surface area contributed by atoms with Gasteiger partial charge in [0.15, 0.2) is 18.4 Å². The minimum absolute atomic E-state index is 0.0786. The smallest absolute Gasteiger partial charge is 0.339 e. The molecule has 0 bridgehead atoms. The molecule has 19 nitrogen and oxygen atoms in total. The Bertz CT molecular complexity index is 1860. The number of esters is 1. The Kier molecular flexibility index (Phi) is 18.3. The molecule has 1 spiro atoms. The maximum atomic E-state index is 14.7. The number of carboxylic acids is 1. The van der Waals surface area contributed by atoms with Crippen molar-refractivity contribution in [3.63, 3.8) is 0 Å². The highest BCUT2D eigenvalue weighted by Gasteiger charge is 2.58. The summed E-state index contributed by atoms with van der Waals surface area (Å²) in [5.74, 6) is -6.05. The second-order valence-corrected chi connectivity index (χ2v) is 18.8. The first kappa shape index (κ1) is 51.5. The van der Waals surface area contributed by atoms with Crippen molar-refractivity contribution >= 4 is 17.9 Å². The number of nitrogens with zero attached hydrogens (tertiary/aromatic N) is 2. The number of hydrogen-bond acceptors (Lipinski definition) is 16. The zero-order valence-corrected chi connectivity index (χ0v) is 38.6. The average Bonchev–Trinajstić information content (AvgIpc) is 3.88. The Labute approximate surface area is 387 Å². The maximum absolute atomic E-state index is 14.7. The molecule has 0 aromatic carbocycles. The van der Waals surface area contributed by atoms with Gasteiger partial charge in [0.05, 0.1) is 48.3 Å². The van der Waals surface area contributed by atoms with Gasteiger partial charge in [-0.3, -0.25) is 4.99 Å². The van der Waals surface area contributed by atoms with E-state index in [4.69, 9.17) is 29.4 Å². The van der Waals surface area contributed by atoms with Crippen LogP contribution in [-0.4, -0.2) is 160 Å². The number of β-amino-alcohol motifs (C(OH)–C–C–N with tert-alkyl or cyclic N) is 1. The third kappa shape index (κ3) is 12.2. The zero-order valence-electron chi connectivity index (χ0n) is 38.6. The van der Waals surface area contributed by atoms with E-state index in [1.165, 1.54) is 12.5 Å². The number of aliphatic hydroxyl groups excluding tert-OH is 4. The summed E-state index contributed by atoms with van der Waals surface area (Å²) in [5, 5.41) is 79.5. The molecule has 6 rings (SSSR count). The fourth-order valence-electron chi connectivity index (χ4n) is 10.6. The van der Waals surface area contributed by atoms with E-state index in [0.717, 1.165) is 76.3 Å². The molecule has 19 heteroatoms. The molecule has 6 aliphatic rings. The molecule has 10 atom stereocenters. The standard InChI is InChI=1S/C47H73N5O14/c1-28(2)63-40-44(65-37(26-55)39(56)47(40,60)61)66-43-34(21-29-9-5-4-6-10-29)33(36(27-62-43)42(59)64-32-14-16-46(22-32)15-7-11-31(46)23-49-3)13-12-30-24-52(18-20-54)25-35(41(57)58)38(30)51-45(48)50-17-8-19-53/h12-13,21,25,27-28,31-34,37,39-40,43-44,49,53-56,60-61H,4-11,14-20,22-24,26H2,1-3H3,(H,57,58)(H3,48,50,51). The zero-order chi connectivity index (χ0) is 47.6. The van der Waals surface area contributed by atoms with Crippen LogP contribution in [0.4, 0.5) is 0 Å². The lowest BCUT2D eigenvalue weighted by molar-refractivity contribution is -0.413. The van der Waals surface area contributed by atoms with Crippen LogP contribution in [0.15, 0.2) is 63.7 Å². The van der Waals surface area contributed by atoms with E-state index in [-0.39, 0.29) is 67.2 Å². The van der Waals surface area contributed by atoms with Crippen LogP contribution in [-0.2, 0) is 33.3 Å². The van der Waals surface area contributed by atoms with Gasteiger partial charge in [0.1, 0.15) is 18.3 Å². The summed E-state index contributed by atoms with van der Waals surface area (Å²) in [7, 11) is 1.96. The SMILES string of the molecule is CNCC1CCCC12CCC(OC(=O)C1=COC(OC3OC(CO)C(O)C(O)(O)C3OC(C)C)C(C=C3CCCCC3)C1C=CC1=C(NC(N)=NCCCO)C(C(=O)O)=CN(CCO)C1)C2. The normalized spacial score (nSPS) is 32.8. The highest BCUT2D eigenvalue weighted by atomic mass is 16.8. The van der Waals surface area contributed by atoms with Gasteiger partial charge in [-0.2, -0.15) is 0 Å². The molecule has 0 radical (unpaired) electrons. The predicted molar refractivity (Wildman–Crippen MR) is 240 cm³/mol. The van der Waals surface area contributed by atoms with Gasteiger partial charge in [0.25, 0.3) is 0 Å². The van der Waals surface area contributed by atoms with Crippen LogP contribution >= 0.6 is 0 Å². The van der Waals surface area contributed by atoms with E-state index in [1.807, 2.05) is 13.1 Å². The lowest BCUT2D eigenvalue weighted by Gasteiger charge is -2.48. The largest absolute Gasteiger partial charge is 0.478 e. The van der Waals surface area contributed by atoms with Gasteiger partial charge in [-0.25, -0.2) is 9.59 Å². The maximum Gasteiger partial charge on any atom is 0.339 e. The van der Waals surface area contributed by atoms with Crippen LogP contribution in [0.2, 0.25) is 0 Å². The average molecular weight is 932 g/mol. The molecule has 0 amide bonds. The van der Waals surface area contributed by atoms with E-state index in [1.54, 1.807) is 30.9 Å². The van der Waals surface area contributed by atoms with Crippen LogP contribution in [0.5, 0.6) is 0 Å². The van der Waals surface area contributed by atoms with Crippen molar-refractivity contribution in [2.45, 2.75) is 140 Å². The molecular weight excluding hydrogens is 859 g/mol. The van der Waals surface area contributed by atoms with Gasteiger partial charge in [-0.1, -0.05) is 36.6 Å². The number of guanidine groups is 1. The number of nitrogens with one attached hydrogen (secondary N) is 2. The minimum atomic E-state index is -2.92. The van der Waals surface area contributed by atoms with E-state index in [0.29, 0.717) is 24.3 Å². The van der Waals surface area contributed by atoms with Gasteiger partial charge in [-0.05, 0) is 109 Å². The van der Waals surface area contributed by atoms with Crippen LogP contribution < -0.4 is 16.4 Å². The van der Waals surface area contributed by atoms with Gasteiger partial charge in [0, 0.05) is 38.4 Å². The molecule has 1 saturated heterocycles. The number of carbonyl (C=O) groups excluding carboxylic acids is 1. The molecule has 10 unspecified atom stereocenters. The monoisotopic (exact) mass is 932 g/mol. The third-order valence-corrected chi connectivity index (χ3v) is 13.9. The number of nitrogens with two attached hydrogens (primary N) is 1. The number of aliphatic hydroxyl groups is 6. The molecule has 3 aliphatic heterocycles. The van der Waals surface area contributed by atoms with Crippen LogP contribution in [0, 0.1) is 23.2 Å². The first-order valence-corrected chi connectivity index (χ1v) is 23.6. The summed E-state index contributed by atoms with van der Waals surface area (Å²) >= 11 is 0. The Morgan fingerprint density at radius 2 is 1.85 bits per heavy atom. The minimum Gasteiger partial charge on any atom is -0.478 e. The predicted octanol–water partition coefficient (Wildman–Crippen LogP) is 1.39. The molecule has 0 aromatic rings. The van der Waals surface area contributed by atoms with Crippen molar-refractivity contribution in [3.8, 4) is 0 Å². The molecule has 3 heterocycles. The molecule has 66 heavy (non-hydrogen) atoms. The van der Waals surface area contributed by atoms with Crippen molar-refractivity contribution in [2.24, 2.45) is 33.9 Å². The number of aliphatic carboxylic acids is 1. The summed E-state index contributed by atoms with van der Waals surface area (Å²) in [6, 6.07) is 0. The molecule has 11 N–H and O–H groups in total. The van der Waals surface area contributed by atoms with E-state index >= 15 is 0 Å². The summed E-state index contributed by atoms with van der Waals surface area (Å²) < 4.78 is 31.1. The molecule has 4 fully saturated rings. The fraction of sp³-hybridized carbons (Fsp3) is 0.723. The molecular formula is C47H73N5O14. The van der Waals surface area contributed by atoms with E-state index < -0.39 is 73.2 Å². The number of carbonyl (C=O) groups is 2. The Hall–Kier alpha value is -3.89. The lowest BCUT2D eigenvalue weighted by atomic mass is 9.76. The first-order chi connectivity index (χ1) is 31.6. The van der Waals surface area contributed by atoms with Crippen molar-refractivity contribution in [1.29, 1.82) is 0 Å². The third-order valence-electron chi connectivity index (χ3n) is 13.9. The molecule has 3 saturated carbocycles. The Balaban J connectivity index is 1.44. The number of carboxylic acid groups (broad SMARTS) is 1. The van der Waals surface area contributed by atoms with Crippen LogP contribution in [0.25, 0.3) is 0 Å². The van der Waals surface area contributed by atoms with Gasteiger partial charge < -0.3 is 80.7 Å². The number of hydrogen-bond donors (Lipinski definition) is 10. The van der Waals surface area contributed by atoms with E-state index in [9.17, 15) is 45.3 Å². The highest BCUT2D eigenvalue weighted by molar-refractivity contribution is 5.95. The number of aliphatic imine (C=N–C) groups is 1. The van der Waals surface area contributed by atoms with Crippen molar-refractivity contribution in [3.05, 3.63) is 58.7 Å². The first-order valence-electron chi connectivity index (χ1n) is 23.6. The topological polar surface area (TPSA) is 288 Å². The number of ether oxygens (including phenoxy) is 5. The summed E-state index contributed by atoms with van der Waals surface area (Å²) in [4.78, 5) is 33.4. The fourth-order valence-corrected chi connectivity index (χ4v) is 10.6. The number of rotatable bonds is 19. The second-order valence-electron chi connectivity index (χ2n) is 18.8. The number of allylic oxidation sites excluding steroid dienone is 2. The highest BCUT2D eigenvalue weighted by Crippen LogP contribution is 2.55. The second kappa shape index (κ2) is 23.4. The van der Waals surface area contributed by atoms with Crippen molar-refractivity contribution < 1.29 is 69.0 Å². The molecule has 370 valence electrons. The summed E-state index contributed by atoms with van der Waals surface area (Å²) in [6.45, 7) is 3.49. The quantitative estimate of drug-likeness (QED) is 0.0219. The summed E-state index contributed by atoms with van der Waals surface area (Å²) in [5.41, 5.74) is 8.01. The van der Waals surface area contributed by atoms with Crippen LogP contribution in [0.1, 0.15) is 90.9 Å². The van der Waals surface area contributed by atoms with E-state index in [2.05, 4.69) is 15.6 Å². The van der Waals surface area contributed by atoms with Gasteiger partial charge >= 0.3 is 11.9 Å². The van der Waals surface area contributed by atoms with Crippen LogP contribution in [0.3, 0.4) is 0 Å². The Morgan fingerprint density at radius 3 is 2.53 bits per heavy atom. The molecule has 3 aliphatic carbocycles. The van der Waals surface area contributed by atoms with Gasteiger partial charge in [0.2, 0.25) is 12.1 Å². The lowest BCUT2D eigenvalue weighted by Crippen LogP contribution is -2.69. The van der Waals surface area contributed by atoms with Gasteiger partial charge in [-0.15, -0.1) is 0 Å². The summed E-state index contributed by atoms with van der Waals surface area (Å²) in [6.07, 6.45) is 9.77. The van der Waals surface area contributed by atoms with Crippen molar-refractivity contribution in [1.82, 2.24) is 15.5 Å². The van der Waals surface area contributed by atoms with Crippen molar-refractivity contribution in [2.75, 3.05) is 53.0 Å². The Morgan fingerprint density at radius 1 is 1.08 bits per heavy atom.